The van der Waals surface area contributed by atoms with Crippen LogP contribution in [0.25, 0.3) is 0 Å². The van der Waals surface area contributed by atoms with E-state index in [4.69, 9.17) is 0 Å². The molecule has 0 aliphatic heterocycles. The van der Waals surface area contributed by atoms with Crippen molar-refractivity contribution in [2.24, 2.45) is 5.41 Å². The summed E-state index contributed by atoms with van der Waals surface area (Å²) in [5, 5.41) is 5.31. The third-order valence-corrected chi connectivity index (χ3v) is 2.18. The number of hydrogen-bond acceptors (Lipinski definition) is 2. The lowest BCUT2D eigenvalue weighted by Crippen LogP contribution is -2.46. The van der Waals surface area contributed by atoms with E-state index < -0.39 is 5.41 Å². The van der Waals surface area contributed by atoms with Gasteiger partial charge in [0.2, 0.25) is 12.3 Å². The van der Waals surface area contributed by atoms with Gasteiger partial charge in [0, 0.05) is 18.0 Å². The van der Waals surface area contributed by atoms with Crippen molar-refractivity contribution in [2.45, 2.75) is 39.7 Å². The monoisotopic (exact) mass is 200 g/mol. The topological polar surface area (TPSA) is 58.2 Å². The molecule has 0 radical (unpaired) electrons. The number of rotatable bonds is 5. The van der Waals surface area contributed by atoms with Crippen LogP contribution in [0.2, 0.25) is 0 Å². The molecule has 4 nitrogen and oxygen atoms in total. The summed E-state index contributed by atoms with van der Waals surface area (Å²) in [4.78, 5) is 21.8. The van der Waals surface area contributed by atoms with Gasteiger partial charge >= 0.3 is 0 Å². The highest BCUT2D eigenvalue weighted by molar-refractivity contribution is 5.81. The average Bonchev–Trinajstić information content (AvgIpc) is 2.00. The van der Waals surface area contributed by atoms with E-state index in [1.54, 1.807) is 7.05 Å². The Morgan fingerprint density at radius 2 is 1.79 bits per heavy atom. The van der Waals surface area contributed by atoms with Crippen LogP contribution in [0.1, 0.15) is 34.1 Å². The first kappa shape index (κ1) is 12.9. The second-order valence-electron chi connectivity index (χ2n) is 4.79. The van der Waals surface area contributed by atoms with Gasteiger partial charge in [0.25, 0.3) is 0 Å². The summed E-state index contributed by atoms with van der Waals surface area (Å²) in [6.07, 6.45) is 1.26. The fourth-order valence-electron chi connectivity index (χ4n) is 1.73. The molecule has 2 amide bonds. The van der Waals surface area contributed by atoms with E-state index in [1.807, 2.05) is 27.7 Å². The number of hydrogen-bond donors (Lipinski definition) is 2. The Balaban J connectivity index is 4.48. The SMILES string of the molecule is CNC(=O)C(C)(C)CC(C)(C)NC=O. The van der Waals surface area contributed by atoms with Crippen LogP contribution in [0, 0.1) is 5.41 Å². The van der Waals surface area contributed by atoms with Crippen molar-refractivity contribution < 1.29 is 9.59 Å². The van der Waals surface area contributed by atoms with Crippen LogP contribution >= 0.6 is 0 Å². The molecule has 0 atom stereocenters. The lowest BCUT2D eigenvalue weighted by Gasteiger charge is -2.33. The Hall–Kier alpha value is -1.06. The van der Waals surface area contributed by atoms with E-state index >= 15 is 0 Å². The van der Waals surface area contributed by atoms with Gasteiger partial charge in [-0.3, -0.25) is 9.59 Å². The van der Waals surface area contributed by atoms with E-state index in [9.17, 15) is 9.59 Å². The third-order valence-electron chi connectivity index (χ3n) is 2.18. The molecule has 0 spiro atoms. The van der Waals surface area contributed by atoms with Crippen molar-refractivity contribution >= 4 is 12.3 Å². The molecule has 0 aromatic rings. The molecule has 0 saturated carbocycles. The Labute approximate surface area is 85.4 Å². The normalized spacial score (nSPS) is 12.1. The first-order valence-electron chi connectivity index (χ1n) is 4.69. The van der Waals surface area contributed by atoms with E-state index in [-0.39, 0.29) is 11.4 Å². The highest BCUT2D eigenvalue weighted by Crippen LogP contribution is 2.27. The molecule has 2 N–H and O–H groups in total. The van der Waals surface area contributed by atoms with Crippen LogP contribution in [-0.2, 0) is 9.59 Å². The maximum atomic E-state index is 11.5. The van der Waals surface area contributed by atoms with E-state index in [0.717, 1.165) is 0 Å². The second kappa shape index (κ2) is 4.44. The molecule has 0 bridgehead atoms. The first-order valence-corrected chi connectivity index (χ1v) is 4.69. The molecule has 0 rings (SSSR count). The molecule has 0 heterocycles. The minimum absolute atomic E-state index is 0.0155. The molecule has 0 aromatic heterocycles. The molecule has 0 unspecified atom stereocenters. The summed E-state index contributed by atoms with van der Waals surface area (Å²) in [5.74, 6) is -0.0155. The van der Waals surface area contributed by atoms with Gasteiger partial charge in [-0.1, -0.05) is 13.8 Å². The average molecular weight is 200 g/mol. The van der Waals surface area contributed by atoms with Crippen molar-refractivity contribution in [3.8, 4) is 0 Å². The minimum atomic E-state index is -0.478. The zero-order valence-electron chi connectivity index (χ0n) is 9.60. The lowest BCUT2D eigenvalue weighted by atomic mass is 9.79. The van der Waals surface area contributed by atoms with Crippen LogP contribution in [0.5, 0.6) is 0 Å². The van der Waals surface area contributed by atoms with Crippen LogP contribution in [-0.4, -0.2) is 24.9 Å². The standard InChI is InChI=1S/C10H20N2O2/c1-9(2,8(14)11-5)6-10(3,4)12-7-13/h7H,6H2,1-5H3,(H,11,14)(H,12,13). The second-order valence-corrected chi connectivity index (χ2v) is 4.79. The molecule has 0 aliphatic rings. The van der Waals surface area contributed by atoms with E-state index in [0.29, 0.717) is 12.8 Å². The minimum Gasteiger partial charge on any atom is -0.359 e. The van der Waals surface area contributed by atoms with Crippen molar-refractivity contribution in [1.82, 2.24) is 10.6 Å². The van der Waals surface area contributed by atoms with Crippen molar-refractivity contribution in [1.29, 1.82) is 0 Å². The van der Waals surface area contributed by atoms with Gasteiger partial charge in [0.15, 0.2) is 0 Å². The predicted octanol–water partition coefficient (Wildman–Crippen LogP) is 0.673. The molecule has 0 aliphatic carbocycles. The molecule has 82 valence electrons. The van der Waals surface area contributed by atoms with Crippen LogP contribution in [0.15, 0.2) is 0 Å². The summed E-state index contributed by atoms with van der Waals surface area (Å²) in [6, 6.07) is 0. The predicted molar refractivity (Wildman–Crippen MR) is 55.7 cm³/mol. The zero-order chi connectivity index (χ0) is 11.4. The highest BCUT2D eigenvalue weighted by atomic mass is 16.2. The van der Waals surface area contributed by atoms with Gasteiger partial charge in [-0.15, -0.1) is 0 Å². The number of amides is 2. The number of carbonyl (C=O) groups is 2. The molecule has 0 aromatic carbocycles. The van der Waals surface area contributed by atoms with Crippen LogP contribution in [0.3, 0.4) is 0 Å². The van der Waals surface area contributed by atoms with Gasteiger partial charge in [0.05, 0.1) is 0 Å². The molecular weight excluding hydrogens is 180 g/mol. The van der Waals surface area contributed by atoms with Crippen molar-refractivity contribution in [2.75, 3.05) is 7.05 Å². The third kappa shape index (κ3) is 3.77. The number of nitrogens with one attached hydrogen (secondary N) is 2. The fraction of sp³-hybridized carbons (Fsp3) is 0.800. The Morgan fingerprint density at radius 3 is 2.14 bits per heavy atom. The summed E-state index contributed by atoms with van der Waals surface area (Å²) >= 11 is 0. The largest absolute Gasteiger partial charge is 0.359 e. The molecular formula is C10H20N2O2. The highest BCUT2D eigenvalue weighted by Gasteiger charge is 2.33. The maximum absolute atomic E-state index is 11.5. The molecule has 4 heteroatoms. The molecule has 0 fully saturated rings. The van der Waals surface area contributed by atoms with Crippen molar-refractivity contribution in [3.63, 3.8) is 0 Å². The van der Waals surface area contributed by atoms with Gasteiger partial charge in [0.1, 0.15) is 0 Å². The van der Waals surface area contributed by atoms with E-state index in [2.05, 4.69) is 10.6 Å². The van der Waals surface area contributed by atoms with Crippen LogP contribution in [0.4, 0.5) is 0 Å². The maximum Gasteiger partial charge on any atom is 0.225 e. The smallest absolute Gasteiger partial charge is 0.225 e. The van der Waals surface area contributed by atoms with Gasteiger partial charge in [-0.2, -0.15) is 0 Å². The fourth-order valence-corrected chi connectivity index (χ4v) is 1.73. The Bertz CT molecular complexity index is 222. The molecule has 0 saturated heterocycles. The summed E-state index contributed by atoms with van der Waals surface area (Å²) in [7, 11) is 1.62. The zero-order valence-corrected chi connectivity index (χ0v) is 9.60. The molecule has 14 heavy (non-hydrogen) atoms. The summed E-state index contributed by atoms with van der Waals surface area (Å²) < 4.78 is 0. The lowest BCUT2D eigenvalue weighted by molar-refractivity contribution is -0.130. The summed E-state index contributed by atoms with van der Waals surface area (Å²) in [6.45, 7) is 7.51. The summed E-state index contributed by atoms with van der Waals surface area (Å²) in [5.41, 5.74) is -0.841. The van der Waals surface area contributed by atoms with Crippen LogP contribution < -0.4 is 10.6 Å². The van der Waals surface area contributed by atoms with Crippen molar-refractivity contribution in [3.05, 3.63) is 0 Å². The number of carbonyl (C=O) groups excluding carboxylic acids is 2. The first-order chi connectivity index (χ1) is 6.25. The quantitative estimate of drug-likeness (QED) is 0.641. The van der Waals surface area contributed by atoms with E-state index in [1.165, 1.54) is 0 Å². The Kier molecular flexibility index (Phi) is 4.10. The van der Waals surface area contributed by atoms with Gasteiger partial charge in [-0.05, 0) is 20.3 Å². The van der Waals surface area contributed by atoms with Gasteiger partial charge in [-0.25, -0.2) is 0 Å². The Morgan fingerprint density at radius 1 is 1.29 bits per heavy atom. The van der Waals surface area contributed by atoms with Gasteiger partial charge < -0.3 is 10.6 Å².